The fraction of sp³-hybridized carbons (Fsp3) is 0.385. The number of pyridine rings is 1. The first-order valence-electron chi connectivity index (χ1n) is 6.02. The maximum Gasteiger partial charge on any atom is 0.153 e. The maximum atomic E-state index is 4.49. The Kier molecular flexibility index (Phi) is 2.65. The van der Waals surface area contributed by atoms with Crippen molar-refractivity contribution in [2.45, 2.75) is 32.4 Å². The van der Waals surface area contributed by atoms with Gasteiger partial charge in [-0.3, -0.25) is 0 Å². The van der Waals surface area contributed by atoms with Crippen LogP contribution in [0.15, 0.2) is 30.6 Å². The fourth-order valence-electron chi connectivity index (χ4n) is 1.89. The summed E-state index contributed by atoms with van der Waals surface area (Å²) in [6, 6.07) is 6.86. The molecule has 0 aliphatic heterocycles. The molecule has 0 saturated heterocycles. The Labute approximate surface area is 101 Å². The van der Waals surface area contributed by atoms with Gasteiger partial charge in [0.1, 0.15) is 0 Å². The molecule has 3 rings (SSSR count). The topological polar surface area (TPSA) is 42.7 Å². The zero-order valence-electron chi connectivity index (χ0n) is 9.93. The van der Waals surface area contributed by atoms with Crippen LogP contribution in [0, 0.1) is 6.92 Å². The summed E-state index contributed by atoms with van der Waals surface area (Å²) < 4.78 is 1.80. The summed E-state index contributed by atoms with van der Waals surface area (Å²) in [5, 5.41) is 7.73. The first kappa shape index (κ1) is 10.5. The van der Waals surface area contributed by atoms with Gasteiger partial charge < -0.3 is 5.32 Å². The SMILES string of the molecule is Cc1cc(CNC2CC2)cc(-n2cccn2)n1. The van der Waals surface area contributed by atoms with Gasteiger partial charge in [0.15, 0.2) is 5.82 Å². The molecule has 0 atom stereocenters. The van der Waals surface area contributed by atoms with E-state index in [9.17, 15) is 0 Å². The third kappa shape index (κ3) is 2.53. The second-order valence-corrected chi connectivity index (χ2v) is 4.58. The molecule has 0 bridgehead atoms. The lowest BCUT2D eigenvalue weighted by molar-refractivity contribution is 0.684. The van der Waals surface area contributed by atoms with Crippen LogP contribution in [0.1, 0.15) is 24.1 Å². The van der Waals surface area contributed by atoms with Crippen molar-refractivity contribution in [3.8, 4) is 5.82 Å². The van der Waals surface area contributed by atoms with Crippen LogP contribution in [0.4, 0.5) is 0 Å². The average molecular weight is 228 g/mol. The second kappa shape index (κ2) is 4.30. The van der Waals surface area contributed by atoms with Crippen molar-refractivity contribution in [2.24, 2.45) is 0 Å². The quantitative estimate of drug-likeness (QED) is 0.868. The summed E-state index contributed by atoms with van der Waals surface area (Å²) in [4.78, 5) is 4.49. The van der Waals surface area contributed by atoms with E-state index in [1.807, 2.05) is 19.2 Å². The van der Waals surface area contributed by atoms with Crippen molar-refractivity contribution in [1.29, 1.82) is 0 Å². The smallest absolute Gasteiger partial charge is 0.153 e. The first-order valence-corrected chi connectivity index (χ1v) is 6.02. The van der Waals surface area contributed by atoms with Gasteiger partial charge in [-0.1, -0.05) is 0 Å². The van der Waals surface area contributed by atoms with Crippen molar-refractivity contribution in [3.05, 3.63) is 41.9 Å². The van der Waals surface area contributed by atoms with Crippen LogP contribution in [-0.2, 0) is 6.54 Å². The van der Waals surface area contributed by atoms with Gasteiger partial charge in [-0.2, -0.15) is 5.10 Å². The third-order valence-electron chi connectivity index (χ3n) is 2.91. The predicted molar refractivity (Wildman–Crippen MR) is 66.0 cm³/mol. The van der Waals surface area contributed by atoms with Crippen LogP contribution in [0.2, 0.25) is 0 Å². The van der Waals surface area contributed by atoms with E-state index in [0.717, 1.165) is 24.1 Å². The number of hydrogen-bond acceptors (Lipinski definition) is 3. The lowest BCUT2D eigenvalue weighted by Gasteiger charge is -2.07. The van der Waals surface area contributed by atoms with Crippen molar-refractivity contribution < 1.29 is 0 Å². The molecule has 88 valence electrons. The van der Waals surface area contributed by atoms with Crippen LogP contribution in [0.5, 0.6) is 0 Å². The molecule has 0 radical (unpaired) electrons. The Morgan fingerprint density at radius 2 is 2.29 bits per heavy atom. The van der Waals surface area contributed by atoms with Gasteiger partial charge in [0.05, 0.1) is 0 Å². The Bertz CT molecular complexity index is 500. The predicted octanol–water partition coefficient (Wildman–Crippen LogP) is 1.83. The molecule has 0 spiro atoms. The van der Waals surface area contributed by atoms with Gasteiger partial charge in [0, 0.05) is 30.7 Å². The van der Waals surface area contributed by atoms with E-state index in [0.29, 0.717) is 0 Å². The fourth-order valence-corrected chi connectivity index (χ4v) is 1.89. The molecule has 2 aromatic heterocycles. The van der Waals surface area contributed by atoms with E-state index in [2.05, 4.69) is 27.5 Å². The zero-order chi connectivity index (χ0) is 11.7. The van der Waals surface area contributed by atoms with E-state index >= 15 is 0 Å². The zero-order valence-corrected chi connectivity index (χ0v) is 9.93. The second-order valence-electron chi connectivity index (χ2n) is 4.58. The summed E-state index contributed by atoms with van der Waals surface area (Å²) in [7, 11) is 0. The first-order chi connectivity index (χ1) is 8.31. The van der Waals surface area contributed by atoms with Crippen molar-refractivity contribution >= 4 is 0 Å². The number of aromatic nitrogens is 3. The molecule has 1 aliphatic carbocycles. The molecule has 0 aromatic carbocycles. The highest BCUT2D eigenvalue weighted by molar-refractivity contribution is 5.30. The largest absolute Gasteiger partial charge is 0.310 e. The Morgan fingerprint density at radius 1 is 1.41 bits per heavy atom. The van der Waals surface area contributed by atoms with Crippen LogP contribution < -0.4 is 5.32 Å². The number of nitrogens with zero attached hydrogens (tertiary/aromatic N) is 3. The highest BCUT2D eigenvalue weighted by Gasteiger charge is 2.20. The molecule has 4 nitrogen and oxygen atoms in total. The lowest BCUT2D eigenvalue weighted by Crippen LogP contribution is -2.16. The average Bonchev–Trinajstić information content (AvgIpc) is 2.98. The summed E-state index contributed by atoms with van der Waals surface area (Å²) >= 11 is 0. The van der Waals surface area contributed by atoms with E-state index in [-0.39, 0.29) is 0 Å². The molecular weight excluding hydrogens is 212 g/mol. The highest BCUT2D eigenvalue weighted by atomic mass is 15.3. The third-order valence-corrected chi connectivity index (χ3v) is 2.91. The molecule has 0 amide bonds. The van der Waals surface area contributed by atoms with Gasteiger partial charge in [-0.25, -0.2) is 9.67 Å². The Morgan fingerprint density at radius 3 is 3.00 bits per heavy atom. The maximum absolute atomic E-state index is 4.49. The van der Waals surface area contributed by atoms with Crippen molar-refractivity contribution in [1.82, 2.24) is 20.1 Å². The number of nitrogens with one attached hydrogen (secondary N) is 1. The summed E-state index contributed by atoms with van der Waals surface area (Å²) in [6.45, 7) is 2.94. The molecule has 1 saturated carbocycles. The molecule has 2 aromatic rings. The molecule has 4 heteroatoms. The monoisotopic (exact) mass is 228 g/mol. The molecule has 1 fully saturated rings. The van der Waals surface area contributed by atoms with E-state index in [1.165, 1.54) is 18.4 Å². The van der Waals surface area contributed by atoms with Crippen molar-refractivity contribution in [3.63, 3.8) is 0 Å². The lowest BCUT2D eigenvalue weighted by atomic mass is 10.2. The summed E-state index contributed by atoms with van der Waals surface area (Å²) in [5.41, 5.74) is 2.31. The van der Waals surface area contributed by atoms with Gasteiger partial charge >= 0.3 is 0 Å². The van der Waals surface area contributed by atoms with Gasteiger partial charge in [-0.05, 0) is 43.5 Å². The van der Waals surface area contributed by atoms with Crippen molar-refractivity contribution in [2.75, 3.05) is 0 Å². The van der Waals surface area contributed by atoms with Gasteiger partial charge in [0.2, 0.25) is 0 Å². The molecule has 1 aliphatic rings. The minimum atomic E-state index is 0.733. The molecule has 0 unspecified atom stereocenters. The molecule has 1 N–H and O–H groups in total. The standard InChI is InChI=1S/C13H16N4/c1-10-7-11(9-14-12-3-4-12)8-13(16-10)17-6-2-5-15-17/h2,5-8,12,14H,3-4,9H2,1H3. The number of rotatable bonds is 4. The minimum absolute atomic E-state index is 0.733. The molecular formula is C13H16N4. The number of hydrogen-bond donors (Lipinski definition) is 1. The Hall–Kier alpha value is -1.68. The van der Waals surface area contributed by atoms with Crippen LogP contribution in [0.3, 0.4) is 0 Å². The highest BCUT2D eigenvalue weighted by Crippen LogP contribution is 2.19. The van der Waals surface area contributed by atoms with Crippen LogP contribution >= 0.6 is 0 Å². The number of aryl methyl sites for hydroxylation is 1. The normalized spacial score (nSPS) is 15.1. The van der Waals surface area contributed by atoms with Crippen LogP contribution in [0.25, 0.3) is 5.82 Å². The molecule has 2 heterocycles. The summed E-state index contributed by atoms with van der Waals surface area (Å²) in [5.74, 6) is 0.891. The van der Waals surface area contributed by atoms with Gasteiger partial charge in [0.25, 0.3) is 0 Å². The van der Waals surface area contributed by atoms with E-state index in [4.69, 9.17) is 0 Å². The molecule has 17 heavy (non-hydrogen) atoms. The van der Waals surface area contributed by atoms with Crippen LogP contribution in [-0.4, -0.2) is 20.8 Å². The minimum Gasteiger partial charge on any atom is -0.310 e. The van der Waals surface area contributed by atoms with E-state index in [1.54, 1.807) is 10.9 Å². The van der Waals surface area contributed by atoms with E-state index < -0.39 is 0 Å². The summed E-state index contributed by atoms with van der Waals surface area (Å²) in [6.07, 6.45) is 6.32. The van der Waals surface area contributed by atoms with Gasteiger partial charge in [-0.15, -0.1) is 0 Å². The Balaban J connectivity index is 1.83.